The fraction of sp³-hybridized carbons (Fsp3) is 0.182. The molecule has 0 bridgehead atoms. The topological polar surface area (TPSA) is 85.5 Å². The molecule has 0 saturated heterocycles. The van der Waals surface area contributed by atoms with Crippen LogP contribution in [0.2, 0.25) is 0 Å². The molecule has 1 heterocycles. The first-order valence-corrected chi connectivity index (χ1v) is 4.91. The van der Waals surface area contributed by atoms with E-state index in [9.17, 15) is 4.79 Å². The third-order valence-corrected chi connectivity index (χ3v) is 2.20. The van der Waals surface area contributed by atoms with Crippen LogP contribution in [-0.4, -0.2) is 21.4 Å². The van der Waals surface area contributed by atoms with Crippen LogP contribution in [0.15, 0.2) is 28.9 Å². The highest BCUT2D eigenvalue weighted by molar-refractivity contribution is 5.87. The van der Waals surface area contributed by atoms with Gasteiger partial charge < -0.3 is 9.84 Å². The Labute approximate surface area is 96.8 Å². The molecule has 1 aromatic carbocycles. The number of hydrogen-bond donors (Lipinski definition) is 1. The highest BCUT2D eigenvalue weighted by Gasteiger charge is 2.07. The summed E-state index contributed by atoms with van der Waals surface area (Å²) in [6, 6.07) is 6.24. The average molecular weight is 234 g/mol. The zero-order chi connectivity index (χ0) is 12.3. The van der Waals surface area contributed by atoms with E-state index in [2.05, 4.69) is 14.9 Å². The van der Waals surface area contributed by atoms with Crippen molar-refractivity contribution in [1.82, 2.24) is 10.3 Å². The number of aromatic carboxylic acids is 1. The summed E-state index contributed by atoms with van der Waals surface area (Å²) in [6.07, 6.45) is 0. The van der Waals surface area contributed by atoms with Crippen molar-refractivity contribution >= 4 is 5.97 Å². The Morgan fingerprint density at radius 3 is 2.94 bits per heavy atom. The Balaban J connectivity index is 2.07. The van der Waals surface area contributed by atoms with E-state index >= 15 is 0 Å². The van der Waals surface area contributed by atoms with Gasteiger partial charge in [-0.15, -0.1) is 0 Å². The molecular weight excluding hydrogens is 224 g/mol. The fourth-order valence-corrected chi connectivity index (χ4v) is 1.25. The fourth-order valence-electron chi connectivity index (χ4n) is 1.25. The molecule has 6 heteroatoms. The lowest BCUT2D eigenvalue weighted by Gasteiger charge is -2.04. The van der Waals surface area contributed by atoms with Crippen LogP contribution in [0.25, 0.3) is 0 Å². The van der Waals surface area contributed by atoms with E-state index in [0.29, 0.717) is 17.1 Å². The molecule has 88 valence electrons. The van der Waals surface area contributed by atoms with Gasteiger partial charge in [0.15, 0.2) is 0 Å². The molecule has 0 amide bonds. The number of benzene rings is 1. The lowest BCUT2D eigenvalue weighted by Crippen LogP contribution is -2.00. The molecule has 6 nitrogen and oxygen atoms in total. The zero-order valence-electron chi connectivity index (χ0n) is 9.08. The van der Waals surface area contributed by atoms with Crippen LogP contribution in [0.1, 0.15) is 21.7 Å². The second-order valence-corrected chi connectivity index (χ2v) is 3.42. The van der Waals surface area contributed by atoms with Crippen molar-refractivity contribution in [3.05, 3.63) is 41.2 Å². The van der Waals surface area contributed by atoms with Gasteiger partial charge in [0.25, 0.3) is 0 Å². The molecule has 0 unspecified atom stereocenters. The van der Waals surface area contributed by atoms with Gasteiger partial charge in [-0.2, -0.15) is 0 Å². The van der Waals surface area contributed by atoms with Crippen LogP contribution in [0.5, 0.6) is 5.75 Å². The van der Waals surface area contributed by atoms with Crippen LogP contribution in [-0.2, 0) is 6.61 Å². The van der Waals surface area contributed by atoms with Gasteiger partial charge in [-0.05, 0) is 25.1 Å². The van der Waals surface area contributed by atoms with Crippen LogP contribution < -0.4 is 4.74 Å². The van der Waals surface area contributed by atoms with Crippen LogP contribution in [0.3, 0.4) is 0 Å². The van der Waals surface area contributed by atoms with Crippen LogP contribution in [0, 0.1) is 6.92 Å². The Hall–Kier alpha value is -2.37. The van der Waals surface area contributed by atoms with Gasteiger partial charge in [0.2, 0.25) is 0 Å². The van der Waals surface area contributed by atoms with Crippen molar-refractivity contribution < 1.29 is 19.3 Å². The van der Waals surface area contributed by atoms with Gasteiger partial charge in [0.05, 0.1) is 5.56 Å². The molecular formula is C11H10N2O4. The Kier molecular flexibility index (Phi) is 3.04. The van der Waals surface area contributed by atoms with E-state index in [1.165, 1.54) is 12.1 Å². The van der Waals surface area contributed by atoms with Crippen molar-refractivity contribution in [2.45, 2.75) is 13.5 Å². The van der Waals surface area contributed by atoms with Crippen molar-refractivity contribution in [3.63, 3.8) is 0 Å². The second kappa shape index (κ2) is 4.65. The maximum Gasteiger partial charge on any atom is 0.335 e. The summed E-state index contributed by atoms with van der Waals surface area (Å²) in [5.74, 6) is -0.526. The lowest BCUT2D eigenvalue weighted by atomic mass is 10.2. The molecule has 0 spiro atoms. The van der Waals surface area contributed by atoms with Gasteiger partial charge in [-0.3, -0.25) is 0 Å². The molecule has 2 rings (SSSR count). The summed E-state index contributed by atoms with van der Waals surface area (Å²) < 4.78 is 9.92. The van der Waals surface area contributed by atoms with Crippen molar-refractivity contribution in [1.29, 1.82) is 0 Å². The standard InChI is InChI=1S/C11H10N2O4/c1-7-10(13-17-12-7)6-16-9-4-2-3-8(5-9)11(14)15/h2-5H,6H2,1H3,(H,14,15). The molecule has 0 aliphatic rings. The van der Waals surface area contributed by atoms with Crippen molar-refractivity contribution in [3.8, 4) is 5.75 Å². The Morgan fingerprint density at radius 1 is 1.47 bits per heavy atom. The summed E-state index contributed by atoms with van der Waals surface area (Å²) in [5, 5.41) is 16.1. The summed E-state index contributed by atoms with van der Waals surface area (Å²) >= 11 is 0. The largest absolute Gasteiger partial charge is 0.487 e. The highest BCUT2D eigenvalue weighted by atomic mass is 16.6. The van der Waals surface area contributed by atoms with E-state index in [4.69, 9.17) is 9.84 Å². The summed E-state index contributed by atoms with van der Waals surface area (Å²) in [4.78, 5) is 10.7. The first-order chi connectivity index (χ1) is 8.16. The van der Waals surface area contributed by atoms with E-state index in [0.717, 1.165) is 0 Å². The number of rotatable bonds is 4. The monoisotopic (exact) mass is 234 g/mol. The molecule has 1 aromatic heterocycles. The number of carboxylic acids is 1. The lowest BCUT2D eigenvalue weighted by molar-refractivity contribution is 0.0696. The summed E-state index contributed by atoms with van der Waals surface area (Å²) in [7, 11) is 0. The molecule has 0 radical (unpaired) electrons. The summed E-state index contributed by atoms with van der Waals surface area (Å²) in [6.45, 7) is 1.95. The number of nitrogens with zero attached hydrogens (tertiary/aromatic N) is 2. The smallest absolute Gasteiger partial charge is 0.335 e. The second-order valence-electron chi connectivity index (χ2n) is 3.42. The van der Waals surface area contributed by atoms with Crippen molar-refractivity contribution in [2.24, 2.45) is 0 Å². The van der Waals surface area contributed by atoms with E-state index in [1.807, 2.05) is 0 Å². The number of aryl methyl sites for hydroxylation is 1. The minimum Gasteiger partial charge on any atom is -0.487 e. The van der Waals surface area contributed by atoms with Crippen molar-refractivity contribution in [2.75, 3.05) is 0 Å². The molecule has 17 heavy (non-hydrogen) atoms. The van der Waals surface area contributed by atoms with Crippen LogP contribution >= 0.6 is 0 Å². The highest BCUT2D eigenvalue weighted by Crippen LogP contribution is 2.15. The molecule has 1 N–H and O–H groups in total. The molecule has 2 aromatic rings. The van der Waals surface area contributed by atoms with Gasteiger partial charge in [0, 0.05) is 0 Å². The number of carboxylic acid groups (broad SMARTS) is 1. The SMILES string of the molecule is Cc1nonc1COc1cccc(C(=O)O)c1. The predicted octanol–water partition coefficient (Wildman–Crippen LogP) is 1.66. The predicted molar refractivity (Wildman–Crippen MR) is 56.8 cm³/mol. The summed E-state index contributed by atoms with van der Waals surface area (Å²) in [5.41, 5.74) is 1.42. The van der Waals surface area contributed by atoms with Gasteiger partial charge in [-0.25, -0.2) is 9.42 Å². The maximum atomic E-state index is 10.7. The molecule has 0 atom stereocenters. The first kappa shape index (κ1) is 11.1. The maximum absolute atomic E-state index is 10.7. The first-order valence-electron chi connectivity index (χ1n) is 4.91. The third-order valence-electron chi connectivity index (χ3n) is 2.20. The van der Waals surface area contributed by atoms with E-state index in [1.54, 1.807) is 19.1 Å². The number of carbonyl (C=O) groups is 1. The van der Waals surface area contributed by atoms with E-state index in [-0.39, 0.29) is 12.2 Å². The minimum absolute atomic E-state index is 0.178. The van der Waals surface area contributed by atoms with Gasteiger partial charge in [0.1, 0.15) is 23.7 Å². The average Bonchev–Trinajstić information content (AvgIpc) is 2.72. The van der Waals surface area contributed by atoms with Gasteiger partial charge >= 0.3 is 5.97 Å². The Bertz CT molecular complexity index is 536. The normalized spacial score (nSPS) is 10.2. The molecule has 0 aliphatic carbocycles. The Morgan fingerprint density at radius 2 is 2.29 bits per heavy atom. The molecule has 0 saturated carbocycles. The number of aromatic nitrogens is 2. The van der Waals surface area contributed by atoms with E-state index < -0.39 is 5.97 Å². The third kappa shape index (κ3) is 2.60. The number of hydrogen-bond acceptors (Lipinski definition) is 5. The quantitative estimate of drug-likeness (QED) is 0.865. The number of ether oxygens (including phenoxy) is 1. The van der Waals surface area contributed by atoms with Gasteiger partial charge in [-0.1, -0.05) is 16.4 Å². The molecule has 0 fully saturated rings. The molecule has 0 aliphatic heterocycles. The van der Waals surface area contributed by atoms with Crippen LogP contribution in [0.4, 0.5) is 0 Å². The zero-order valence-corrected chi connectivity index (χ0v) is 9.08. The minimum atomic E-state index is -0.991.